The Morgan fingerprint density at radius 2 is 2.00 bits per heavy atom. The number of hydrogen-bond donors (Lipinski definition) is 1. The van der Waals surface area contributed by atoms with Gasteiger partial charge in [0.25, 0.3) is 0 Å². The second-order valence-corrected chi connectivity index (χ2v) is 6.41. The molecule has 0 radical (unpaired) electrons. The zero-order chi connectivity index (χ0) is 13.3. The second kappa shape index (κ2) is 5.10. The first-order valence-electron chi connectivity index (χ1n) is 6.66. The molecule has 1 N–H and O–H groups in total. The van der Waals surface area contributed by atoms with Crippen molar-refractivity contribution in [1.82, 2.24) is 5.32 Å². The van der Waals surface area contributed by atoms with Gasteiger partial charge in [-0.25, -0.2) is 0 Å². The van der Waals surface area contributed by atoms with Crippen LogP contribution in [0.1, 0.15) is 31.4 Å². The van der Waals surface area contributed by atoms with Gasteiger partial charge in [-0.15, -0.1) is 0 Å². The lowest BCUT2D eigenvalue weighted by molar-refractivity contribution is 0.416. The summed E-state index contributed by atoms with van der Waals surface area (Å²) in [5, 5.41) is 4.47. The van der Waals surface area contributed by atoms with Crippen molar-refractivity contribution >= 4 is 17.3 Å². The van der Waals surface area contributed by atoms with Gasteiger partial charge in [-0.2, -0.15) is 0 Å². The van der Waals surface area contributed by atoms with Crippen LogP contribution in [0.25, 0.3) is 0 Å². The van der Waals surface area contributed by atoms with Crippen LogP contribution in [0.4, 0.5) is 5.69 Å². The number of rotatable bonds is 1. The van der Waals surface area contributed by atoms with E-state index in [0.717, 1.165) is 31.1 Å². The molecular formula is C15H23ClN2. The van der Waals surface area contributed by atoms with E-state index >= 15 is 0 Å². The molecule has 100 valence electrons. The van der Waals surface area contributed by atoms with E-state index in [1.54, 1.807) is 0 Å². The summed E-state index contributed by atoms with van der Waals surface area (Å²) < 4.78 is 0. The maximum absolute atomic E-state index is 6.45. The molecule has 1 aliphatic heterocycles. The number of anilines is 1. The van der Waals surface area contributed by atoms with Gasteiger partial charge < -0.3 is 10.2 Å². The fourth-order valence-corrected chi connectivity index (χ4v) is 3.25. The number of hydrogen-bond acceptors (Lipinski definition) is 2. The van der Waals surface area contributed by atoms with Crippen molar-refractivity contribution < 1.29 is 0 Å². The Morgan fingerprint density at radius 1 is 1.28 bits per heavy atom. The molecule has 1 heterocycles. The maximum Gasteiger partial charge on any atom is 0.0644 e. The Hall–Kier alpha value is -0.730. The van der Waals surface area contributed by atoms with Gasteiger partial charge in [-0.3, -0.25) is 0 Å². The van der Waals surface area contributed by atoms with E-state index < -0.39 is 0 Å². The van der Waals surface area contributed by atoms with Crippen LogP contribution in [-0.2, 0) is 0 Å². The standard InChI is InChI=1S/C15H23ClN2/c1-11-8-12(2)14(13(16)9-11)18-7-5-6-17-15(3,4)10-18/h8-9,17H,5-7,10H2,1-4H3. The molecule has 1 aliphatic rings. The Balaban J connectivity index is 2.35. The highest BCUT2D eigenvalue weighted by Gasteiger charge is 2.26. The van der Waals surface area contributed by atoms with Crippen LogP contribution in [-0.4, -0.2) is 25.2 Å². The summed E-state index contributed by atoms with van der Waals surface area (Å²) in [4.78, 5) is 2.43. The molecule has 0 saturated carbocycles. The van der Waals surface area contributed by atoms with Gasteiger partial charge in [0, 0.05) is 18.6 Å². The van der Waals surface area contributed by atoms with Crippen molar-refractivity contribution in [3.63, 3.8) is 0 Å². The van der Waals surface area contributed by atoms with Crippen molar-refractivity contribution in [2.24, 2.45) is 0 Å². The molecule has 18 heavy (non-hydrogen) atoms. The summed E-state index contributed by atoms with van der Waals surface area (Å²) in [5.74, 6) is 0. The maximum atomic E-state index is 6.45. The first-order chi connectivity index (χ1) is 8.39. The largest absolute Gasteiger partial charge is 0.368 e. The van der Waals surface area contributed by atoms with Gasteiger partial charge in [-0.1, -0.05) is 17.7 Å². The van der Waals surface area contributed by atoms with Gasteiger partial charge >= 0.3 is 0 Å². The molecule has 0 aromatic heterocycles. The average molecular weight is 267 g/mol. The Morgan fingerprint density at radius 3 is 2.67 bits per heavy atom. The SMILES string of the molecule is Cc1cc(C)c(N2CCCNC(C)(C)C2)c(Cl)c1. The summed E-state index contributed by atoms with van der Waals surface area (Å²) in [5.41, 5.74) is 3.85. The summed E-state index contributed by atoms with van der Waals surface area (Å²) in [6, 6.07) is 4.28. The number of nitrogens with zero attached hydrogens (tertiary/aromatic N) is 1. The van der Waals surface area contributed by atoms with E-state index in [-0.39, 0.29) is 5.54 Å². The lowest BCUT2D eigenvalue weighted by atomic mass is 10.0. The van der Waals surface area contributed by atoms with Crippen molar-refractivity contribution in [2.45, 2.75) is 39.7 Å². The quantitative estimate of drug-likeness (QED) is 0.837. The summed E-state index contributed by atoms with van der Waals surface area (Å²) in [7, 11) is 0. The monoisotopic (exact) mass is 266 g/mol. The first-order valence-corrected chi connectivity index (χ1v) is 7.03. The molecule has 0 bridgehead atoms. The molecule has 0 unspecified atom stereocenters. The van der Waals surface area contributed by atoms with E-state index in [0.29, 0.717) is 0 Å². The van der Waals surface area contributed by atoms with E-state index in [4.69, 9.17) is 11.6 Å². The molecule has 3 heteroatoms. The number of aryl methyl sites for hydroxylation is 2. The molecule has 0 amide bonds. The van der Waals surface area contributed by atoms with Crippen molar-refractivity contribution in [1.29, 1.82) is 0 Å². The number of halogens is 1. The highest BCUT2D eigenvalue weighted by molar-refractivity contribution is 6.33. The molecule has 0 aliphatic carbocycles. The second-order valence-electron chi connectivity index (χ2n) is 6.00. The summed E-state index contributed by atoms with van der Waals surface area (Å²) in [6.07, 6.45) is 1.16. The highest BCUT2D eigenvalue weighted by atomic mass is 35.5. The lowest BCUT2D eigenvalue weighted by Crippen LogP contribution is -2.46. The molecule has 1 aromatic carbocycles. The third kappa shape index (κ3) is 2.99. The molecule has 1 saturated heterocycles. The lowest BCUT2D eigenvalue weighted by Gasteiger charge is -2.33. The van der Waals surface area contributed by atoms with E-state index in [1.165, 1.54) is 16.8 Å². The topological polar surface area (TPSA) is 15.3 Å². The van der Waals surface area contributed by atoms with Crippen LogP contribution in [0.3, 0.4) is 0 Å². The van der Waals surface area contributed by atoms with Gasteiger partial charge in [-0.05, 0) is 57.9 Å². The van der Waals surface area contributed by atoms with Crippen LogP contribution >= 0.6 is 11.6 Å². The van der Waals surface area contributed by atoms with E-state index in [1.807, 2.05) is 0 Å². The summed E-state index contributed by atoms with van der Waals surface area (Å²) >= 11 is 6.45. The van der Waals surface area contributed by atoms with E-state index in [9.17, 15) is 0 Å². The predicted octanol–water partition coefficient (Wildman–Crippen LogP) is 3.54. The zero-order valence-electron chi connectivity index (χ0n) is 11.8. The third-order valence-electron chi connectivity index (χ3n) is 3.51. The van der Waals surface area contributed by atoms with Gasteiger partial charge in [0.15, 0.2) is 0 Å². The van der Waals surface area contributed by atoms with Gasteiger partial charge in [0.2, 0.25) is 0 Å². The number of nitrogens with one attached hydrogen (secondary N) is 1. The molecule has 1 fully saturated rings. The van der Waals surface area contributed by atoms with Crippen LogP contribution in [0.5, 0.6) is 0 Å². The average Bonchev–Trinajstić information content (AvgIpc) is 2.37. The van der Waals surface area contributed by atoms with Crippen molar-refractivity contribution in [3.8, 4) is 0 Å². The smallest absolute Gasteiger partial charge is 0.0644 e. The Kier molecular flexibility index (Phi) is 3.88. The van der Waals surface area contributed by atoms with Crippen LogP contribution in [0.2, 0.25) is 5.02 Å². The Labute approximate surface area is 115 Å². The van der Waals surface area contributed by atoms with Crippen LogP contribution in [0.15, 0.2) is 12.1 Å². The Bertz CT molecular complexity index is 417. The molecule has 2 nitrogen and oxygen atoms in total. The fraction of sp³-hybridized carbons (Fsp3) is 0.600. The third-order valence-corrected chi connectivity index (χ3v) is 3.80. The molecule has 0 atom stereocenters. The minimum atomic E-state index is 0.136. The summed E-state index contributed by atoms with van der Waals surface area (Å²) in [6.45, 7) is 11.9. The number of benzene rings is 1. The minimum Gasteiger partial charge on any atom is -0.368 e. The highest BCUT2D eigenvalue weighted by Crippen LogP contribution is 2.32. The molecule has 0 spiro atoms. The predicted molar refractivity (Wildman–Crippen MR) is 79.8 cm³/mol. The molecular weight excluding hydrogens is 244 g/mol. The minimum absolute atomic E-state index is 0.136. The van der Waals surface area contributed by atoms with Crippen molar-refractivity contribution in [2.75, 3.05) is 24.5 Å². The van der Waals surface area contributed by atoms with Crippen LogP contribution in [0, 0.1) is 13.8 Å². The zero-order valence-corrected chi connectivity index (χ0v) is 12.6. The van der Waals surface area contributed by atoms with Crippen LogP contribution < -0.4 is 10.2 Å². The normalized spacial score (nSPS) is 19.7. The van der Waals surface area contributed by atoms with Gasteiger partial charge in [0.05, 0.1) is 10.7 Å². The first kappa shape index (κ1) is 13.7. The van der Waals surface area contributed by atoms with Gasteiger partial charge in [0.1, 0.15) is 0 Å². The fourth-order valence-electron chi connectivity index (χ4n) is 2.81. The molecule has 1 aromatic rings. The molecule has 2 rings (SSSR count). The van der Waals surface area contributed by atoms with Crippen molar-refractivity contribution in [3.05, 3.63) is 28.3 Å². The van der Waals surface area contributed by atoms with E-state index in [2.05, 4.69) is 50.0 Å².